The molecule has 5 nitrogen and oxygen atoms in total. The van der Waals surface area contributed by atoms with Crippen LogP contribution in [0.15, 0.2) is 48.5 Å². The fraction of sp³-hybridized carbons (Fsp3) is 0.176. The summed E-state index contributed by atoms with van der Waals surface area (Å²) >= 11 is 0. The number of rotatable bonds is 2. The summed E-state index contributed by atoms with van der Waals surface area (Å²) in [5.74, 6) is -0.311. The van der Waals surface area contributed by atoms with Crippen LogP contribution in [-0.4, -0.2) is 23.1 Å². The summed E-state index contributed by atoms with van der Waals surface area (Å²) in [5.41, 5.74) is 3.96. The molecule has 0 bridgehead atoms. The highest BCUT2D eigenvalue weighted by molar-refractivity contribution is 5.98. The van der Waals surface area contributed by atoms with Crippen molar-refractivity contribution in [1.29, 1.82) is 0 Å². The lowest BCUT2D eigenvalue weighted by Crippen LogP contribution is -2.42. The summed E-state index contributed by atoms with van der Waals surface area (Å²) in [6.07, 6.45) is -0.0978. The Morgan fingerprint density at radius 3 is 2.64 bits per heavy atom. The van der Waals surface area contributed by atoms with E-state index in [9.17, 15) is 9.59 Å². The first kappa shape index (κ1) is 14.1. The van der Waals surface area contributed by atoms with Gasteiger partial charge in [-0.05, 0) is 41.7 Å². The van der Waals surface area contributed by atoms with Gasteiger partial charge in [-0.3, -0.25) is 4.79 Å². The fourth-order valence-electron chi connectivity index (χ4n) is 2.67. The highest BCUT2D eigenvalue weighted by atomic mass is 16.4. The molecule has 3 rings (SSSR count). The van der Waals surface area contributed by atoms with Crippen molar-refractivity contribution >= 4 is 17.7 Å². The van der Waals surface area contributed by atoms with Crippen LogP contribution < -0.4 is 10.6 Å². The van der Waals surface area contributed by atoms with Crippen molar-refractivity contribution < 1.29 is 14.7 Å². The maximum Gasteiger partial charge on any atom is 0.405 e. The van der Waals surface area contributed by atoms with Gasteiger partial charge < -0.3 is 15.7 Å². The van der Waals surface area contributed by atoms with E-state index in [1.807, 2.05) is 48.5 Å². The predicted molar refractivity (Wildman–Crippen MR) is 83.8 cm³/mol. The van der Waals surface area contributed by atoms with E-state index in [4.69, 9.17) is 5.11 Å². The Morgan fingerprint density at radius 1 is 1.14 bits per heavy atom. The number of carboxylic acid groups (broad SMARTS) is 1. The molecule has 1 heterocycles. The molecule has 112 valence electrons. The maximum atomic E-state index is 12.0. The molecule has 0 fully saturated rings. The molecule has 5 heteroatoms. The van der Waals surface area contributed by atoms with Crippen molar-refractivity contribution in [1.82, 2.24) is 5.32 Å². The van der Waals surface area contributed by atoms with Gasteiger partial charge in [0.1, 0.15) is 6.04 Å². The summed E-state index contributed by atoms with van der Waals surface area (Å²) in [7, 11) is 0. The number of aryl methyl sites for hydroxylation is 1. The molecule has 0 unspecified atom stereocenters. The molecule has 2 aromatic carbocycles. The molecule has 0 radical (unpaired) electrons. The van der Waals surface area contributed by atoms with E-state index in [1.165, 1.54) is 0 Å². The van der Waals surface area contributed by atoms with Gasteiger partial charge in [0, 0.05) is 5.69 Å². The van der Waals surface area contributed by atoms with E-state index in [0.29, 0.717) is 12.8 Å². The SMILES string of the molecule is O=C(O)N[C@H]1CCc2cc(-c3ccccc3)ccc2NC1=O. The number of carbonyl (C=O) groups is 2. The van der Waals surface area contributed by atoms with Crippen molar-refractivity contribution in [3.05, 3.63) is 54.1 Å². The number of amides is 2. The van der Waals surface area contributed by atoms with Crippen LogP contribution >= 0.6 is 0 Å². The van der Waals surface area contributed by atoms with E-state index in [0.717, 1.165) is 22.4 Å². The quantitative estimate of drug-likeness (QED) is 0.797. The van der Waals surface area contributed by atoms with Gasteiger partial charge in [0.15, 0.2) is 0 Å². The van der Waals surface area contributed by atoms with Crippen LogP contribution in [0.25, 0.3) is 11.1 Å². The van der Waals surface area contributed by atoms with Crippen molar-refractivity contribution in [2.24, 2.45) is 0 Å². The van der Waals surface area contributed by atoms with Crippen molar-refractivity contribution in [2.45, 2.75) is 18.9 Å². The molecule has 2 amide bonds. The van der Waals surface area contributed by atoms with Crippen molar-refractivity contribution in [3.8, 4) is 11.1 Å². The lowest BCUT2D eigenvalue weighted by molar-refractivity contribution is -0.118. The van der Waals surface area contributed by atoms with Gasteiger partial charge >= 0.3 is 6.09 Å². The zero-order valence-electron chi connectivity index (χ0n) is 11.9. The van der Waals surface area contributed by atoms with Gasteiger partial charge in [-0.25, -0.2) is 4.79 Å². The van der Waals surface area contributed by atoms with Crippen LogP contribution in [0.4, 0.5) is 10.5 Å². The topological polar surface area (TPSA) is 78.4 Å². The molecule has 0 aliphatic carbocycles. The number of nitrogens with one attached hydrogen (secondary N) is 2. The van der Waals surface area contributed by atoms with Crippen LogP contribution in [0.3, 0.4) is 0 Å². The van der Waals surface area contributed by atoms with Gasteiger partial charge in [0.25, 0.3) is 0 Å². The Morgan fingerprint density at radius 2 is 1.91 bits per heavy atom. The number of anilines is 1. The number of hydrogen-bond donors (Lipinski definition) is 3. The van der Waals surface area contributed by atoms with Gasteiger partial charge in [0.05, 0.1) is 0 Å². The molecule has 1 atom stereocenters. The Hall–Kier alpha value is -2.82. The monoisotopic (exact) mass is 296 g/mol. The maximum absolute atomic E-state index is 12.0. The summed E-state index contributed by atoms with van der Waals surface area (Å²) in [6, 6.07) is 15.2. The fourth-order valence-corrected chi connectivity index (χ4v) is 2.67. The molecule has 0 aromatic heterocycles. The molecular formula is C17H16N2O3. The predicted octanol–water partition coefficient (Wildman–Crippen LogP) is 2.87. The Labute approximate surface area is 128 Å². The lowest BCUT2D eigenvalue weighted by atomic mass is 9.99. The molecule has 0 spiro atoms. The standard InChI is InChI=1S/C17H16N2O3/c20-16-15(19-17(21)22)9-7-13-10-12(6-8-14(13)18-16)11-4-2-1-3-5-11/h1-6,8,10,15,19H,7,9H2,(H,18,20)(H,21,22)/t15-/m0/s1. The number of benzene rings is 2. The first-order chi connectivity index (χ1) is 10.6. The van der Waals surface area contributed by atoms with Crippen LogP contribution in [0.1, 0.15) is 12.0 Å². The third kappa shape index (κ3) is 2.93. The Balaban J connectivity index is 1.88. The van der Waals surface area contributed by atoms with Gasteiger partial charge in [0.2, 0.25) is 5.91 Å². The second-order valence-corrected chi connectivity index (χ2v) is 5.27. The van der Waals surface area contributed by atoms with Gasteiger partial charge in [-0.2, -0.15) is 0 Å². The van der Waals surface area contributed by atoms with E-state index >= 15 is 0 Å². The summed E-state index contributed by atoms with van der Waals surface area (Å²) in [6.45, 7) is 0. The van der Waals surface area contributed by atoms with E-state index in [-0.39, 0.29) is 5.91 Å². The third-order valence-corrected chi connectivity index (χ3v) is 3.79. The number of hydrogen-bond acceptors (Lipinski definition) is 2. The Kier molecular flexibility index (Phi) is 3.78. The molecular weight excluding hydrogens is 280 g/mol. The van der Waals surface area contributed by atoms with Gasteiger partial charge in [-0.1, -0.05) is 36.4 Å². The Bertz CT molecular complexity index is 713. The number of carbonyl (C=O) groups excluding carboxylic acids is 1. The zero-order valence-corrected chi connectivity index (χ0v) is 11.9. The van der Waals surface area contributed by atoms with E-state index in [1.54, 1.807) is 0 Å². The van der Waals surface area contributed by atoms with Gasteiger partial charge in [-0.15, -0.1) is 0 Å². The van der Waals surface area contributed by atoms with Crippen LogP contribution in [-0.2, 0) is 11.2 Å². The smallest absolute Gasteiger partial charge is 0.405 e. The van der Waals surface area contributed by atoms with Crippen molar-refractivity contribution in [3.63, 3.8) is 0 Å². The molecule has 0 saturated heterocycles. The summed E-state index contributed by atoms with van der Waals surface area (Å²) in [5, 5.41) is 13.8. The minimum absolute atomic E-state index is 0.311. The van der Waals surface area contributed by atoms with Crippen molar-refractivity contribution in [2.75, 3.05) is 5.32 Å². The third-order valence-electron chi connectivity index (χ3n) is 3.79. The minimum Gasteiger partial charge on any atom is -0.465 e. The van der Waals surface area contributed by atoms with E-state index < -0.39 is 12.1 Å². The average molecular weight is 296 g/mol. The second-order valence-electron chi connectivity index (χ2n) is 5.27. The minimum atomic E-state index is -1.18. The molecule has 1 aliphatic heterocycles. The van der Waals surface area contributed by atoms with Crippen LogP contribution in [0, 0.1) is 0 Å². The molecule has 1 aliphatic rings. The summed E-state index contributed by atoms with van der Waals surface area (Å²) in [4.78, 5) is 22.8. The lowest BCUT2D eigenvalue weighted by Gasteiger charge is -2.12. The molecule has 3 N–H and O–H groups in total. The number of fused-ring (bicyclic) bond motifs is 1. The normalized spacial score (nSPS) is 17.1. The molecule has 0 saturated carbocycles. The molecule has 22 heavy (non-hydrogen) atoms. The summed E-state index contributed by atoms with van der Waals surface area (Å²) < 4.78 is 0. The first-order valence-corrected chi connectivity index (χ1v) is 7.12. The van der Waals surface area contributed by atoms with E-state index in [2.05, 4.69) is 10.6 Å². The first-order valence-electron chi connectivity index (χ1n) is 7.12. The largest absolute Gasteiger partial charge is 0.465 e. The highest BCUT2D eigenvalue weighted by Crippen LogP contribution is 2.28. The zero-order chi connectivity index (χ0) is 15.5. The van der Waals surface area contributed by atoms with Crippen LogP contribution in [0.2, 0.25) is 0 Å². The average Bonchev–Trinajstić information content (AvgIpc) is 2.67. The molecule has 2 aromatic rings. The highest BCUT2D eigenvalue weighted by Gasteiger charge is 2.25. The van der Waals surface area contributed by atoms with Crippen LogP contribution in [0.5, 0.6) is 0 Å². The second kappa shape index (κ2) is 5.89.